The van der Waals surface area contributed by atoms with Crippen molar-refractivity contribution in [1.29, 1.82) is 0 Å². The number of aliphatic carboxylic acids is 1. The number of benzene rings is 2. The minimum atomic E-state index is -3.75. The molecule has 2 atom stereocenters. The van der Waals surface area contributed by atoms with Gasteiger partial charge in [-0.25, -0.2) is 4.39 Å². The minimum Gasteiger partial charge on any atom is -0.481 e. The first-order chi connectivity index (χ1) is 17.1. The van der Waals surface area contributed by atoms with Crippen molar-refractivity contribution in [2.45, 2.75) is 38.2 Å². The molecule has 0 amide bonds. The van der Waals surface area contributed by atoms with Gasteiger partial charge in [0.05, 0.1) is 30.1 Å². The van der Waals surface area contributed by atoms with Gasteiger partial charge in [0, 0.05) is 29.5 Å². The molecule has 2 aromatic carbocycles. The molecule has 188 valence electrons. The number of carboxylic acids is 1. The highest BCUT2D eigenvalue weighted by Crippen LogP contribution is 2.62. The molecule has 0 radical (unpaired) electrons. The molecule has 1 heterocycles. The van der Waals surface area contributed by atoms with Crippen LogP contribution in [-0.2, 0) is 13.9 Å². The molecule has 0 aliphatic heterocycles. The summed E-state index contributed by atoms with van der Waals surface area (Å²) in [5, 5.41) is 19.5. The Labute approximate surface area is 209 Å². The smallest absolute Gasteiger partial charge is 0.305 e. The van der Waals surface area contributed by atoms with Crippen molar-refractivity contribution >= 4 is 18.7 Å². The quantitative estimate of drug-likeness (QED) is 0.304. The van der Waals surface area contributed by atoms with Gasteiger partial charge < -0.3 is 14.7 Å². The van der Waals surface area contributed by atoms with E-state index in [9.17, 15) is 18.9 Å². The lowest BCUT2D eigenvalue weighted by molar-refractivity contribution is -0.138. The number of aromatic nitrogens is 1. The minimum absolute atomic E-state index is 0.133. The van der Waals surface area contributed by atoms with Gasteiger partial charge in [-0.1, -0.05) is 49.0 Å². The summed E-state index contributed by atoms with van der Waals surface area (Å²) in [6.45, 7) is 6.07. The molecule has 0 spiro atoms. The fourth-order valence-corrected chi connectivity index (χ4v) is 6.34. The van der Waals surface area contributed by atoms with Crippen molar-refractivity contribution < 1.29 is 28.5 Å². The SMILES string of the molecule is C=C(c1c(C2CC2)nc(-c2ccccc2)c(C)c1-c1ccc(F)cc1)P(=O)(C[C@@H](O)CC(=O)O)OC. The van der Waals surface area contributed by atoms with Gasteiger partial charge in [0.15, 0.2) is 0 Å². The number of nitrogens with zero attached hydrogens (tertiary/aromatic N) is 1. The summed E-state index contributed by atoms with van der Waals surface area (Å²) in [5.74, 6) is -1.45. The molecule has 0 bridgehead atoms. The molecule has 3 aromatic rings. The fraction of sp³-hybridized carbons (Fsp3) is 0.286. The highest BCUT2D eigenvalue weighted by molar-refractivity contribution is 7.69. The third-order valence-corrected chi connectivity index (χ3v) is 9.01. The summed E-state index contributed by atoms with van der Waals surface area (Å²) >= 11 is 0. The van der Waals surface area contributed by atoms with Crippen molar-refractivity contribution in [3.63, 3.8) is 0 Å². The molecule has 4 rings (SSSR count). The highest BCUT2D eigenvalue weighted by Gasteiger charge is 2.38. The molecule has 8 heteroatoms. The van der Waals surface area contributed by atoms with Crippen LogP contribution in [0.1, 0.15) is 42.0 Å². The summed E-state index contributed by atoms with van der Waals surface area (Å²) in [7, 11) is -2.48. The zero-order chi connectivity index (χ0) is 26.0. The maximum Gasteiger partial charge on any atom is 0.305 e. The maximum atomic E-state index is 14.0. The molecular formula is C28H29FNO5P. The van der Waals surface area contributed by atoms with Crippen molar-refractivity contribution in [1.82, 2.24) is 4.98 Å². The Morgan fingerprint density at radius 3 is 2.36 bits per heavy atom. The van der Waals surface area contributed by atoms with Gasteiger partial charge in [-0.05, 0) is 48.6 Å². The van der Waals surface area contributed by atoms with E-state index in [0.717, 1.165) is 40.9 Å². The standard InChI is InChI=1S/C28H29FNO5P/c1-17-25(19-11-13-22(29)14-12-19)26(18(2)36(34,35-3)16-23(31)15-24(32)33)28(21-9-10-21)30-27(17)20-7-5-4-6-8-20/h4-8,11-14,21,23,31H,2,9-10,15-16H2,1,3H3,(H,32,33)/t23-,36?/m0/s1. The van der Waals surface area contributed by atoms with Gasteiger partial charge >= 0.3 is 5.97 Å². The molecule has 36 heavy (non-hydrogen) atoms. The lowest BCUT2D eigenvalue weighted by atomic mass is 9.90. The zero-order valence-corrected chi connectivity index (χ0v) is 21.2. The monoisotopic (exact) mass is 509 g/mol. The molecule has 1 fully saturated rings. The van der Waals surface area contributed by atoms with Crippen LogP contribution < -0.4 is 0 Å². The number of aliphatic hydroxyl groups excluding tert-OH is 1. The third kappa shape index (κ3) is 5.34. The number of carboxylic acid groups (broad SMARTS) is 1. The van der Waals surface area contributed by atoms with Gasteiger partial charge in [-0.3, -0.25) is 14.3 Å². The Bertz CT molecular complexity index is 1340. The van der Waals surface area contributed by atoms with Crippen LogP contribution in [0.5, 0.6) is 0 Å². The van der Waals surface area contributed by atoms with Crippen LogP contribution in [0.15, 0.2) is 61.2 Å². The van der Waals surface area contributed by atoms with E-state index in [4.69, 9.17) is 14.6 Å². The molecule has 1 saturated carbocycles. The van der Waals surface area contributed by atoms with Crippen LogP contribution in [0.4, 0.5) is 4.39 Å². The van der Waals surface area contributed by atoms with Crippen LogP contribution in [0.25, 0.3) is 27.7 Å². The predicted octanol–water partition coefficient (Wildman–Crippen LogP) is 6.47. The van der Waals surface area contributed by atoms with E-state index in [1.165, 1.54) is 19.2 Å². The second kappa shape index (κ2) is 10.5. The van der Waals surface area contributed by atoms with E-state index in [0.29, 0.717) is 11.1 Å². The van der Waals surface area contributed by atoms with E-state index in [1.807, 2.05) is 37.3 Å². The lowest BCUT2D eigenvalue weighted by Gasteiger charge is -2.26. The van der Waals surface area contributed by atoms with E-state index in [2.05, 4.69) is 6.58 Å². The number of carbonyl (C=O) groups is 1. The van der Waals surface area contributed by atoms with Gasteiger partial charge in [0.25, 0.3) is 0 Å². The Morgan fingerprint density at radius 2 is 1.81 bits per heavy atom. The summed E-state index contributed by atoms with van der Waals surface area (Å²) < 4.78 is 33.3. The number of rotatable bonds is 10. The first kappa shape index (κ1) is 26.0. The Balaban J connectivity index is 1.96. The first-order valence-electron chi connectivity index (χ1n) is 11.7. The zero-order valence-electron chi connectivity index (χ0n) is 20.3. The van der Waals surface area contributed by atoms with Gasteiger partial charge in [0.1, 0.15) is 5.82 Å². The van der Waals surface area contributed by atoms with Crippen LogP contribution in [0, 0.1) is 12.7 Å². The third-order valence-electron chi connectivity index (χ3n) is 6.47. The average Bonchev–Trinajstić information content (AvgIpc) is 3.69. The van der Waals surface area contributed by atoms with Crippen molar-refractivity contribution in [3.05, 3.63) is 83.8 Å². The van der Waals surface area contributed by atoms with Crippen LogP contribution in [-0.4, -0.2) is 40.5 Å². The molecule has 1 aliphatic rings. The molecule has 1 aliphatic carbocycles. The second-order valence-electron chi connectivity index (χ2n) is 9.10. The summed E-state index contributed by atoms with van der Waals surface area (Å²) in [6.07, 6.45) is -0.508. The van der Waals surface area contributed by atoms with Gasteiger partial charge in [-0.15, -0.1) is 0 Å². The van der Waals surface area contributed by atoms with Gasteiger partial charge in [0.2, 0.25) is 7.37 Å². The van der Waals surface area contributed by atoms with E-state index in [1.54, 1.807) is 12.1 Å². The van der Waals surface area contributed by atoms with Crippen LogP contribution in [0.3, 0.4) is 0 Å². The molecular weight excluding hydrogens is 480 g/mol. The Hall–Kier alpha value is -3.12. The average molecular weight is 510 g/mol. The second-order valence-corrected chi connectivity index (χ2v) is 11.7. The lowest BCUT2D eigenvalue weighted by Crippen LogP contribution is -2.18. The number of hydrogen-bond acceptors (Lipinski definition) is 5. The molecule has 1 unspecified atom stereocenters. The number of hydrogen-bond donors (Lipinski definition) is 2. The summed E-state index contributed by atoms with van der Waals surface area (Å²) in [4.78, 5) is 16.1. The maximum absolute atomic E-state index is 14.0. The fourth-order valence-electron chi connectivity index (χ4n) is 4.50. The molecule has 1 aromatic heterocycles. The topological polar surface area (TPSA) is 96.7 Å². The Morgan fingerprint density at radius 1 is 1.17 bits per heavy atom. The number of halogens is 1. The van der Waals surface area contributed by atoms with Crippen molar-refractivity contribution in [2.24, 2.45) is 0 Å². The largest absolute Gasteiger partial charge is 0.481 e. The van der Waals surface area contributed by atoms with Gasteiger partial charge in [-0.2, -0.15) is 0 Å². The predicted molar refractivity (Wildman–Crippen MR) is 139 cm³/mol. The molecule has 2 N–H and O–H groups in total. The van der Waals surface area contributed by atoms with Crippen LogP contribution in [0.2, 0.25) is 0 Å². The van der Waals surface area contributed by atoms with E-state index < -0.39 is 25.9 Å². The number of pyridine rings is 1. The van der Waals surface area contributed by atoms with E-state index >= 15 is 0 Å². The first-order valence-corrected chi connectivity index (χ1v) is 13.6. The molecule has 0 saturated heterocycles. The van der Waals surface area contributed by atoms with Crippen LogP contribution >= 0.6 is 7.37 Å². The Kier molecular flexibility index (Phi) is 7.55. The van der Waals surface area contributed by atoms with E-state index in [-0.39, 0.29) is 23.2 Å². The highest BCUT2D eigenvalue weighted by atomic mass is 31.2. The van der Waals surface area contributed by atoms with Crippen molar-refractivity contribution in [2.75, 3.05) is 13.3 Å². The number of aliphatic hydroxyl groups is 1. The summed E-state index contributed by atoms with van der Waals surface area (Å²) in [5.41, 5.74) is 5.22. The molecule has 6 nitrogen and oxygen atoms in total. The van der Waals surface area contributed by atoms with Crippen molar-refractivity contribution in [3.8, 4) is 22.4 Å². The normalized spacial score (nSPS) is 15.8. The summed E-state index contributed by atoms with van der Waals surface area (Å²) in [6, 6.07) is 15.8.